The number of halogens is 1. The molecule has 0 bridgehead atoms. The van der Waals surface area contributed by atoms with E-state index in [1.54, 1.807) is 28.4 Å². The number of hydrogen-bond acceptors (Lipinski definition) is 4. The second kappa shape index (κ2) is 8.03. The monoisotopic (exact) mass is 314 g/mol. The molecule has 0 aliphatic rings. The van der Waals surface area contributed by atoms with E-state index >= 15 is 0 Å². The summed E-state index contributed by atoms with van der Waals surface area (Å²) in [7, 11) is 6.39. The number of methoxy groups -OCH3 is 4. The molecule has 0 N–H and O–H groups in total. The highest BCUT2D eigenvalue weighted by molar-refractivity contribution is 6.19. The average molecular weight is 315 g/mol. The lowest BCUT2D eigenvalue weighted by atomic mass is 10.0. The molecule has 0 radical (unpaired) electrons. The maximum Gasteiger partial charge on any atom is 0.207 e. The van der Waals surface area contributed by atoms with Crippen LogP contribution in [0.25, 0.3) is 0 Å². The van der Waals surface area contributed by atoms with Crippen molar-refractivity contribution in [3.05, 3.63) is 22.8 Å². The molecule has 0 saturated heterocycles. The highest BCUT2D eigenvalue weighted by Gasteiger charge is 2.24. The van der Waals surface area contributed by atoms with Crippen LogP contribution in [0.1, 0.15) is 18.1 Å². The maximum absolute atomic E-state index is 5.83. The van der Waals surface area contributed by atoms with Crippen LogP contribution >= 0.6 is 11.6 Å². The summed E-state index contributed by atoms with van der Waals surface area (Å²) in [6, 6.07) is 0. The van der Waals surface area contributed by atoms with Crippen molar-refractivity contribution in [2.45, 2.75) is 20.3 Å². The molecule has 0 aliphatic carbocycles. The Kier molecular flexibility index (Phi) is 6.69. The van der Waals surface area contributed by atoms with Gasteiger partial charge in [-0.15, -0.1) is 11.6 Å². The minimum absolute atomic E-state index is 0.506. The van der Waals surface area contributed by atoms with Crippen LogP contribution in [0.3, 0.4) is 0 Å². The number of rotatable bonds is 7. The first-order valence-corrected chi connectivity index (χ1v) is 7.16. The van der Waals surface area contributed by atoms with Crippen molar-refractivity contribution in [2.24, 2.45) is 0 Å². The Balaban J connectivity index is 3.54. The largest absolute Gasteiger partial charge is 0.492 e. The van der Waals surface area contributed by atoms with E-state index in [1.165, 1.54) is 0 Å². The van der Waals surface area contributed by atoms with E-state index in [0.29, 0.717) is 35.3 Å². The molecule has 5 heteroatoms. The molecule has 118 valence electrons. The molecule has 1 aromatic rings. The topological polar surface area (TPSA) is 36.9 Å². The van der Waals surface area contributed by atoms with Crippen molar-refractivity contribution < 1.29 is 18.9 Å². The van der Waals surface area contributed by atoms with Crippen molar-refractivity contribution >= 4 is 11.6 Å². The van der Waals surface area contributed by atoms with Gasteiger partial charge in [0.25, 0.3) is 0 Å². The van der Waals surface area contributed by atoms with Gasteiger partial charge in [0.15, 0.2) is 11.5 Å². The van der Waals surface area contributed by atoms with E-state index in [2.05, 4.69) is 6.08 Å². The minimum Gasteiger partial charge on any atom is -0.492 e. The zero-order valence-corrected chi connectivity index (χ0v) is 14.3. The van der Waals surface area contributed by atoms with Crippen LogP contribution in [0.4, 0.5) is 0 Å². The van der Waals surface area contributed by atoms with Gasteiger partial charge < -0.3 is 18.9 Å². The quantitative estimate of drug-likeness (QED) is 0.567. The molecular weight excluding hydrogens is 292 g/mol. The third-order valence-corrected chi connectivity index (χ3v) is 3.79. The molecule has 0 aliphatic heterocycles. The summed E-state index contributed by atoms with van der Waals surface area (Å²) in [5, 5.41) is 0. The Hall–Kier alpha value is -1.55. The highest BCUT2D eigenvalue weighted by Crippen LogP contribution is 2.49. The zero-order chi connectivity index (χ0) is 16.0. The van der Waals surface area contributed by atoms with Crippen molar-refractivity contribution in [1.29, 1.82) is 0 Å². The molecule has 0 amide bonds. The van der Waals surface area contributed by atoms with Gasteiger partial charge in [0, 0.05) is 17.0 Å². The summed E-state index contributed by atoms with van der Waals surface area (Å²) in [6.45, 7) is 3.97. The summed E-state index contributed by atoms with van der Waals surface area (Å²) in [5.74, 6) is 2.89. The van der Waals surface area contributed by atoms with E-state index in [9.17, 15) is 0 Å². The van der Waals surface area contributed by atoms with Gasteiger partial charge in [-0.3, -0.25) is 0 Å². The van der Waals surface area contributed by atoms with Crippen LogP contribution in [0.15, 0.2) is 11.6 Å². The van der Waals surface area contributed by atoms with Gasteiger partial charge in [-0.1, -0.05) is 11.6 Å². The summed E-state index contributed by atoms with van der Waals surface area (Å²) in [6.07, 6.45) is 2.76. The van der Waals surface area contributed by atoms with Gasteiger partial charge >= 0.3 is 0 Å². The van der Waals surface area contributed by atoms with Crippen LogP contribution in [-0.2, 0) is 6.42 Å². The van der Waals surface area contributed by atoms with Crippen LogP contribution in [0, 0.1) is 6.92 Å². The van der Waals surface area contributed by atoms with Crippen LogP contribution in [-0.4, -0.2) is 34.3 Å². The normalized spacial score (nSPS) is 11.3. The standard InChI is InChI=1S/C16H23ClO4/c1-10(9-17)7-8-12-11(2)13(18-3)15(20-5)16(21-6)14(12)19-4/h7H,8-9H2,1-6H3. The first-order chi connectivity index (χ1) is 10.0. The first kappa shape index (κ1) is 17.5. The summed E-state index contributed by atoms with van der Waals surface area (Å²) >= 11 is 5.83. The van der Waals surface area contributed by atoms with Crippen molar-refractivity contribution in [3.8, 4) is 23.0 Å². The first-order valence-electron chi connectivity index (χ1n) is 6.62. The SMILES string of the molecule is COc1c(C)c(CC=C(C)CCl)c(OC)c(OC)c1OC. The molecule has 0 unspecified atom stereocenters. The van der Waals surface area contributed by atoms with E-state index in [4.69, 9.17) is 30.5 Å². The molecule has 0 spiro atoms. The van der Waals surface area contributed by atoms with Crippen molar-refractivity contribution in [2.75, 3.05) is 34.3 Å². The maximum atomic E-state index is 5.83. The van der Waals surface area contributed by atoms with E-state index in [0.717, 1.165) is 16.7 Å². The van der Waals surface area contributed by atoms with Crippen molar-refractivity contribution in [3.63, 3.8) is 0 Å². The summed E-state index contributed by atoms with van der Waals surface area (Å²) in [4.78, 5) is 0. The Labute approximate surface area is 131 Å². The molecule has 1 aromatic carbocycles. The van der Waals surface area contributed by atoms with Crippen LogP contribution < -0.4 is 18.9 Å². The molecular formula is C16H23ClO4. The second-order valence-electron chi connectivity index (χ2n) is 4.62. The number of hydrogen-bond donors (Lipinski definition) is 0. The highest BCUT2D eigenvalue weighted by atomic mass is 35.5. The van der Waals surface area contributed by atoms with E-state index < -0.39 is 0 Å². The van der Waals surface area contributed by atoms with Crippen LogP contribution in [0.5, 0.6) is 23.0 Å². The van der Waals surface area contributed by atoms with E-state index in [1.807, 2.05) is 13.8 Å². The Morgan fingerprint density at radius 2 is 1.38 bits per heavy atom. The van der Waals surface area contributed by atoms with E-state index in [-0.39, 0.29) is 0 Å². The Bertz CT molecular complexity index is 524. The van der Waals surface area contributed by atoms with Gasteiger partial charge in [-0.25, -0.2) is 0 Å². The molecule has 0 heterocycles. The molecule has 1 rings (SSSR count). The summed E-state index contributed by atoms with van der Waals surface area (Å²) < 4.78 is 21.9. The average Bonchev–Trinajstić information content (AvgIpc) is 2.51. The lowest BCUT2D eigenvalue weighted by Crippen LogP contribution is -2.04. The predicted molar refractivity (Wildman–Crippen MR) is 85.6 cm³/mol. The molecule has 4 nitrogen and oxygen atoms in total. The number of benzene rings is 1. The third kappa shape index (κ3) is 3.56. The van der Waals surface area contributed by atoms with Crippen LogP contribution in [0.2, 0.25) is 0 Å². The third-order valence-electron chi connectivity index (χ3n) is 3.37. The number of alkyl halides is 1. The van der Waals surface area contributed by atoms with Gasteiger partial charge in [0.2, 0.25) is 11.5 Å². The van der Waals surface area contributed by atoms with Crippen molar-refractivity contribution in [1.82, 2.24) is 0 Å². The van der Waals surface area contributed by atoms with Gasteiger partial charge in [0.1, 0.15) is 0 Å². The lowest BCUT2D eigenvalue weighted by molar-refractivity contribution is 0.302. The lowest BCUT2D eigenvalue weighted by Gasteiger charge is -2.21. The number of allylic oxidation sites excluding steroid dienone is 2. The molecule has 0 atom stereocenters. The molecule has 0 saturated carbocycles. The zero-order valence-electron chi connectivity index (χ0n) is 13.5. The second-order valence-corrected chi connectivity index (χ2v) is 4.89. The number of ether oxygens (including phenoxy) is 4. The van der Waals surface area contributed by atoms with Gasteiger partial charge in [0.05, 0.1) is 28.4 Å². The Morgan fingerprint density at radius 3 is 1.81 bits per heavy atom. The van der Waals surface area contributed by atoms with Gasteiger partial charge in [-0.05, 0) is 20.3 Å². The van der Waals surface area contributed by atoms with Gasteiger partial charge in [-0.2, -0.15) is 0 Å². The fraction of sp³-hybridized carbons (Fsp3) is 0.500. The fourth-order valence-corrected chi connectivity index (χ4v) is 2.34. The minimum atomic E-state index is 0.506. The smallest absolute Gasteiger partial charge is 0.207 e. The molecule has 0 aromatic heterocycles. The molecule has 21 heavy (non-hydrogen) atoms. The predicted octanol–water partition coefficient (Wildman–Crippen LogP) is 3.76. The summed E-state index contributed by atoms with van der Waals surface area (Å²) in [5.41, 5.74) is 3.06. The Morgan fingerprint density at radius 1 is 0.905 bits per heavy atom. The molecule has 0 fully saturated rings. The fourth-order valence-electron chi connectivity index (χ4n) is 2.23.